The highest BCUT2D eigenvalue weighted by atomic mass is 35.5. The van der Waals surface area contributed by atoms with Crippen molar-refractivity contribution in [3.05, 3.63) is 51.1 Å². The van der Waals surface area contributed by atoms with Gasteiger partial charge in [0.1, 0.15) is 5.75 Å². The lowest BCUT2D eigenvalue weighted by Gasteiger charge is -2.13. The van der Waals surface area contributed by atoms with Crippen LogP contribution < -0.4 is 14.2 Å². The summed E-state index contributed by atoms with van der Waals surface area (Å²) in [4.78, 5) is 16.4. The first kappa shape index (κ1) is 19.9. The van der Waals surface area contributed by atoms with E-state index < -0.39 is 5.97 Å². The van der Waals surface area contributed by atoms with Gasteiger partial charge in [-0.15, -0.1) is 0 Å². The molecule has 7 nitrogen and oxygen atoms in total. The second kappa shape index (κ2) is 8.00. The normalized spacial score (nSPS) is 14.7. The van der Waals surface area contributed by atoms with Crippen LogP contribution in [-0.2, 0) is 9.53 Å². The van der Waals surface area contributed by atoms with Crippen molar-refractivity contribution in [1.82, 2.24) is 0 Å². The molecule has 0 spiro atoms. The molecule has 0 amide bonds. The van der Waals surface area contributed by atoms with Crippen molar-refractivity contribution in [3.8, 4) is 23.0 Å². The number of halogens is 2. The van der Waals surface area contributed by atoms with Crippen molar-refractivity contribution in [3.63, 3.8) is 0 Å². The minimum Gasteiger partial charge on any atom is -0.506 e. The van der Waals surface area contributed by atoms with Crippen LogP contribution >= 0.6 is 23.2 Å². The molecule has 28 heavy (non-hydrogen) atoms. The van der Waals surface area contributed by atoms with Crippen molar-refractivity contribution in [1.29, 1.82) is 0 Å². The third-order valence-electron chi connectivity index (χ3n) is 3.88. The Hall–Kier alpha value is -2.90. The first-order valence-electron chi connectivity index (χ1n) is 7.89. The van der Waals surface area contributed by atoms with Gasteiger partial charge in [0, 0.05) is 16.1 Å². The van der Waals surface area contributed by atoms with E-state index in [-0.39, 0.29) is 27.9 Å². The summed E-state index contributed by atoms with van der Waals surface area (Å²) in [5.74, 6) is 0.290. The standard InChI is InChI=1S/C19H15Cl2NO6/c1-25-14-6-10(7-15(26-2)17(14)27-3)18-22-13(19(24)28-18)5-9-4-11(20)8-12(21)16(9)23/h4-8,23H,1-3H3/b13-5+. The molecular formula is C19H15Cl2NO6. The molecule has 0 fully saturated rings. The molecule has 1 N–H and O–H groups in total. The minimum atomic E-state index is -0.695. The average Bonchev–Trinajstić information content (AvgIpc) is 3.04. The smallest absolute Gasteiger partial charge is 0.363 e. The Morgan fingerprint density at radius 1 is 1.04 bits per heavy atom. The number of carbonyl (C=O) groups excluding carboxylic acids is 1. The van der Waals surface area contributed by atoms with Gasteiger partial charge >= 0.3 is 5.97 Å². The summed E-state index contributed by atoms with van der Waals surface area (Å²) in [5, 5.41) is 10.4. The number of hydrogen-bond donors (Lipinski definition) is 1. The molecule has 1 aliphatic heterocycles. The highest BCUT2D eigenvalue weighted by Gasteiger charge is 2.27. The van der Waals surface area contributed by atoms with Crippen LogP contribution in [0.3, 0.4) is 0 Å². The van der Waals surface area contributed by atoms with Crippen LogP contribution in [0.1, 0.15) is 11.1 Å². The van der Waals surface area contributed by atoms with Crippen LogP contribution in [0.4, 0.5) is 0 Å². The summed E-state index contributed by atoms with van der Waals surface area (Å²) in [5.41, 5.74) is 0.649. The van der Waals surface area contributed by atoms with Gasteiger partial charge < -0.3 is 24.1 Å². The number of nitrogens with zero attached hydrogens (tertiary/aromatic N) is 1. The fourth-order valence-corrected chi connectivity index (χ4v) is 3.09. The molecule has 0 unspecified atom stereocenters. The van der Waals surface area contributed by atoms with Crippen LogP contribution in [0, 0.1) is 0 Å². The van der Waals surface area contributed by atoms with E-state index in [2.05, 4.69) is 4.99 Å². The zero-order valence-corrected chi connectivity index (χ0v) is 16.6. The van der Waals surface area contributed by atoms with Crippen LogP contribution in [-0.4, -0.2) is 38.3 Å². The first-order valence-corrected chi connectivity index (χ1v) is 8.64. The molecule has 0 bridgehead atoms. The van der Waals surface area contributed by atoms with Gasteiger partial charge in [-0.05, 0) is 30.3 Å². The molecule has 0 saturated carbocycles. The lowest BCUT2D eigenvalue weighted by atomic mass is 10.1. The number of benzene rings is 2. The summed E-state index contributed by atoms with van der Waals surface area (Å²) in [6.45, 7) is 0. The molecule has 9 heteroatoms. The number of phenolic OH excluding ortho intramolecular Hbond substituents is 1. The average molecular weight is 424 g/mol. The number of aliphatic imine (C=N–C) groups is 1. The number of hydrogen-bond acceptors (Lipinski definition) is 7. The van der Waals surface area contributed by atoms with E-state index in [1.807, 2.05) is 0 Å². The molecule has 3 rings (SSSR count). The van der Waals surface area contributed by atoms with Gasteiger partial charge in [-0.25, -0.2) is 9.79 Å². The largest absolute Gasteiger partial charge is 0.506 e. The maximum Gasteiger partial charge on any atom is 0.363 e. The SMILES string of the molecule is COc1cc(C2=N/C(=C/c3cc(Cl)cc(Cl)c3O)C(=O)O2)cc(OC)c1OC. The Morgan fingerprint density at radius 2 is 1.68 bits per heavy atom. The summed E-state index contributed by atoms with van der Waals surface area (Å²) in [6, 6.07) is 6.04. The number of methoxy groups -OCH3 is 3. The zero-order valence-electron chi connectivity index (χ0n) is 15.1. The maximum absolute atomic E-state index is 12.2. The molecule has 1 heterocycles. The molecule has 146 valence electrons. The molecule has 0 aromatic heterocycles. The second-order valence-corrected chi connectivity index (χ2v) is 6.42. The number of ether oxygens (including phenoxy) is 4. The number of esters is 1. The monoisotopic (exact) mass is 423 g/mol. The topological polar surface area (TPSA) is 86.6 Å². The van der Waals surface area contributed by atoms with Gasteiger partial charge in [-0.2, -0.15) is 0 Å². The highest BCUT2D eigenvalue weighted by molar-refractivity contribution is 6.36. The second-order valence-electron chi connectivity index (χ2n) is 5.58. The van der Waals surface area contributed by atoms with Crippen LogP contribution in [0.2, 0.25) is 10.0 Å². The number of carbonyl (C=O) groups is 1. The quantitative estimate of drug-likeness (QED) is 0.575. The van der Waals surface area contributed by atoms with E-state index in [1.165, 1.54) is 39.5 Å². The Kier molecular flexibility index (Phi) is 5.67. The van der Waals surface area contributed by atoms with Gasteiger partial charge in [0.2, 0.25) is 11.6 Å². The fraction of sp³-hybridized carbons (Fsp3) is 0.158. The van der Waals surface area contributed by atoms with Gasteiger partial charge in [-0.1, -0.05) is 23.2 Å². The maximum atomic E-state index is 12.2. The lowest BCUT2D eigenvalue weighted by Crippen LogP contribution is -2.06. The highest BCUT2D eigenvalue weighted by Crippen LogP contribution is 2.39. The van der Waals surface area contributed by atoms with Crippen molar-refractivity contribution in [2.75, 3.05) is 21.3 Å². The predicted octanol–water partition coefficient (Wildman–Crippen LogP) is 4.07. The lowest BCUT2D eigenvalue weighted by molar-refractivity contribution is -0.129. The number of phenols is 1. The molecule has 0 radical (unpaired) electrons. The summed E-state index contributed by atoms with van der Waals surface area (Å²) < 4.78 is 21.1. The van der Waals surface area contributed by atoms with E-state index in [0.29, 0.717) is 27.8 Å². The Morgan fingerprint density at radius 3 is 2.25 bits per heavy atom. The van der Waals surface area contributed by atoms with Crippen molar-refractivity contribution in [2.24, 2.45) is 4.99 Å². The summed E-state index contributed by atoms with van der Waals surface area (Å²) >= 11 is 11.9. The summed E-state index contributed by atoms with van der Waals surface area (Å²) in [7, 11) is 4.43. The van der Waals surface area contributed by atoms with Gasteiger partial charge in [0.15, 0.2) is 17.2 Å². The van der Waals surface area contributed by atoms with Crippen LogP contribution in [0.5, 0.6) is 23.0 Å². The van der Waals surface area contributed by atoms with Crippen molar-refractivity contribution < 1.29 is 28.8 Å². The molecule has 0 aliphatic carbocycles. The fourth-order valence-electron chi connectivity index (χ4n) is 2.58. The van der Waals surface area contributed by atoms with Crippen LogP contribution in [0.15, 0.2) is 35.0 Å². The van der Waals surface area contributed by atoms with Gasteiger partial charge in [-0.3, -0.25) is 0 Å². The van der Waals surface area contributed by atoms with Crippen molar-refractivity contribution >= 4 is 41.1 Å². The van der Waals surface area contributed by atoms with Gasteiger partial charge in [0.05, 0.1) is 26.4 Å². The van der Waals surface area contributed by atoms with E-state index in [4.69, 9.17) is 42.1 Å². The number of aromatic hydroxyl groups is 1. The molecule has 0 atom stereocenters. The minimum absolute atomic E-state index is 0.0302. The Balaban J connectivity index is 2.06. The number of rotatable bonds is 5. The Labute approximate surface area is 170 Å². The third-order valence-corrected chi connectivity index (χ3v) is 4.39. The Bertz CT molecular complexity index is 991. The van der Waals surface area contributed by atoms with Crippen molar-refractivity contribution in [2.45, 2.75) is 0 Å². The zero-order chi connectivity index (χ0) is 20.4. The van der Waals surface area contributed by atoms with E-state index in [0.717, 1.165) is 0 Å². The van der Waals surface area contributed by atoms with E-state index >= 15 is 0 Å². The number of cyclic esters (lactones) is 1. The predicted molar refractivity (Wildman–Crippen MR) is 105 cm³/mol. The molecule has 1 aliphatic rings. The van der Waals surface area contributed by atoms with E-state index in [1.54, 1.807) is 12.1 Å². The third kappa shape index (κ3) is 3.72. The molecular weight excluding hydrogens is 409 g/mol. The molecule has 0 saturated heterocycles. The van der Waals surface area contributed by atoms with Gasteiger partial charge in [0.25, 0.3) is 0 Å². The first-order chi connectivity index (χ1) is 13.4. The molecule has 2 aromatic rings. The van der Waals surface area contributed by atoms with Crippen LogP contribution in [0.25, 0.3) is 6.08 Å². The molecule has 2 aromatic carbocycles. The summed E-state index contributed by atoms with van der Waals surface area (Å²) in [6.07, 6.45) is 1.33. The van der Waals surface area contributed by atoms with E-state index in [9.17, 15) is 9.90 Å².